The summed E-state index contributed by atoms with van der Waals surface area (Å²) in [5.41, 5.74) is 2.73. The number of hydrogen-bond acceptors (Lipinski definition) is 7. The van der Waals surface area contributed by atoms with Crippen molar-refractivity contribution in [3.63, 3.8) is 0 Å². The molecule has 2 aliphatic heterocycles. The van der Waals surface area contributed by atoms with Crippen LogP contribution in [0.5, 0.6) is 5.75 Å². The van der Waals surface area contributed by atoms with Crippen LogP contribution in [0, 0.1) is 0 Å². The number of phenols is 1. The highest BCUT2D eigenvalue weighted by atomic mass is 16.3. The second-order valence-electron chi connectivity index (χ2n) is 7.46. The molecular formula is C23H21N7O2. The third-order valence-electron chi connectivity index (χ3n) is 5.36. The first-order valence-electron chi connectivity index (χ1n) is 10.3. The van der Waals surface area contributed by atoms with Crippen LogP contribution in [0.4, 0.5) is 16.3 Å². The van der Waals surface area contributed by atoms with Crippen molar-refractivity contribution in [1.29, 1.82) is 0 Å². The van der Waals surface area contributed by atoms with E-state index < -0.39 is 12.1 Å². The van der Waals surface area contributed by atoms with Gasteiger partial charge in [-0.2, -0.15) is 10.2 Å². The van der Waals surface area contributed by atoms with Gasteiger partial charge in [0.15, 0.2) is 0 Å². The van der Waals surface area contributed by atoms with E-state index in [1.807, 2.05) is 35.5 Å². The highest BCUT2D eigenvalue weighted by molar-refractivity contribution is 6.04. The minimum atomic E-state index is -0.447. The molecule has 4 heterocycles. The number of para-hydroxylation sites is 1. The zero-order chi connectivity index (χ0) is 21.9. The fourth-order valence-corrected chi connectivity index (χ4v) is 3.78. The Labute approximate surface area is 184 Å². The molecule has 2 aliphatic rings. The van der Waals surface area contributed by atoms with Crippen molar-refractivity contribution in [3.8, 4) is 5.75 Å². The zero-order valence-electron chi connectivity index (χ0n) is 17.2. The second-order valence-corrected chi connectivity index (χ2v) is 7.46. The van der Waals surface area contributed by atoms with Crippen LogP contribution in [0.3, 0.4) is 0 Å². The summed E-state index contributed by atoms with van der Waals surface area (Å²) in [6.45, 7) is 0.792. The summed E-state index contributed by atoms with van der Waals surface area (Å²) in [5, 5.41) is 25.3. The van der Waals surface area contributed by atoms with Crippen molar-refractivity contribution in [3.05, 3.63) is 78.2 Å². The minimum Gasteiger partial charge on any atom is -0.508 e. The zero-order valence-corrected chi connectivity index (χ0v) is 17.2. The average Bonchev–Trinajstić information content (AvgIpc) is 3.51. The van der Waals surface area contributed by atoms with Gasteiger partial charge in [0.2, 0.25) is 0 Å². The monoisotopic (exact) mass is 427 g/mol. The van der Waals surface area contributed by atoms with Crippen molar-refractivity contribution in [2.24, 2.45) is 10.2 Å². The summed E-state index contributed by atoms with van der Waals surface area (Å²) in [6, 6.07) is 13.5. The second kappa shape index (κ2) is 8.46. The van der Waals surface area contributed by atoms with Crippen molar-refractivity contribution in [2.75, 3.05) is 16.9 Å². The van der Waals surface area contributed by atoms with Gasteiger partial charge in [0, 0.05) is 49.1 Å². The Balaban J connectivity index is 1.40. The van der Waals surface area contributed by atoms with Crippen molar-refractivity contribution in [1.82, 2.24) is 15.0 Å². The average molecular weight is 427 g/mol. The van der Waals surface area contributed by atoms with Gasteiger partial charge in [0.25, 0.3) is 0 Å². The number of hydrazone groups is 2. The van der Waals surface area contributed by atoms with Crippen LogP contribution in [0.25, 0.3) is 0 Å². The Morgan fingerprint density at radius 3 is 2.72 bits per heavy atom. The van der Waals surface area contributed by atoms with Crippen molar-refractivity contribution in [2.45, 2.75) is 18.9 Å². The molecule has 0 bridgehead atoms. The number of carbonyl (C=O) groups is 1. The number of rotatable bonds is 4. The Morgan fingerprint density at radius 1 is 1.09 bits per heavy atom. The first kappa shape index (κ1) is 19.7. The molecule has 0 saturated heterocycles. The molecule has 0 aliphatic carbocycles. The number of carbonyl (C=O) groups excluding carboxylic acids is 1. The predicted octanol–water partition coefficient (Wildman–Crippen LogP) is 3.76. The fourth-order valence-electron chi connectivity index (χ4n) is 3.78. The molecule has 0 fully saturated rings. The number of phenolic OH excluding ortho intramolecular Hbond substituents is 1. The van der Waals surface area contributed by atoms with E-state index in [2.05, 4.69) is 25.5 Å². The van der Waals surface area contributed by atoms with Gasteiger partial charge >= 0.3 is 6.03 Å². The quantitative estimate of drug-likeness (QED) is 0.659. The van der Waals surface area contributed by atoms with E-state index in [0.717, 1.165) is 30.1 Å². The lowest BCUT2D eigenvalue weighted by atomic mass is 9.98. The van der Waals surface area contributed by atoms with Crippen LogP contribution in [-0.4, -0.2) is 44.6 Å². The van der Waals surface area contributed by atoms with Gasteiger partial charge < -0.3 is 10.4 Å². The summed E-state index contributed by atoms with van der Waals surface area (Å²) in [5.74, 6) is 0.844. The summed E-state index contributed by atoms with van der Waals surface area (Å²) in [6.07, 6.45) is 8.19. The first-order valence-corrected chi connectivity index (χ1v) is 10.3. The van der Waals surface area contributed by atoms with Crippen LogP contribution in [0.15, 0.2) is 77.3 Å². The van der Waals surface area contributed by atoms with E-state index in [1.54, 1.807) is 42.9 Å². The topological polar surface area (TPSA) is 106 Å². The smallest absolute Gasteiger partial charge is 0.342 e. The molecule has 9 heteroatoms. The van der Waals surface area contributed by atoms with E-state index in [0.29, 0.717) is 17.7 Å². The number of urea groups is 1. The van der Waals surface area contributed by atoms with E-state index in [9.17, 15) is 9.90 Å². The number of nitrogens with zero attached hydrogens (tertiary/aromatic N) is 6. The van der Waals surface area contributed by atoms with Gasteiger partial charge in [0.05, 0.1) is 23.6 Å². The maximum atomic E-state index is 13.2. The van der Waals surface area contributed by atoms with E-state index in [-0.39, 0.29) is 5.75 Å². The molecule has 0 radical (unpaired) electrons. The van der Waals surface area contributed by atoms with Gasteiger partial charge in [-0.25, -0.2) is 19.8 Å². The third-order valence-corrected chi connectivity index (χ3v) is 5.36. The normalized spacial score (nSPS) is 17.5. The van der Waals surface area contributed by atoms with Gasteiger partial charge in [-0.15, -0.1) is 0 Å². The number of amides is 2. The van der Waals surface area contributed by atoms with Gasteiger partial charge in [-0.1, -0.05) is 24.3 Å². The number of aromatic nitrogens is 2. The molecular weight excluding hydrogens is 406 g/mol. The molecule has 32 heavy (non-hydrogen) atoms. The predicted molar refractivity (Wildman–Crippen MR) is 122 cm³/mol. The van der Waals surface area contributed by atoms with Crippen LogP contribution in [0.1, 0.15) is 30.0 Å². The molecule has 1 aromatic carbocycles. The van der Waals surface area contributed by atoms with Crippen LogP contribution in [-0.2, 0) is 0 Å². The van der Waals surface area contributed by atoms with Crippen LogP contribution < -0.4 is 10.3 Å². The fraction of sp³-hybridized carbons (Fsp3) is 0.174. The highest BCUT2D eigenvalue weighted by Crippen LogP contribution is 2.37. The van der Waals surface area contributed by atoms with E-state index >= 15 is 0 Å². The summed E-state index contributed by atoms with van der Waals surface area (Å²) < 4.78 is 0. The SMILES string of the molecule is O=C(Nc1ccc(N2CCC=N2)nc1)N1N=C(c2cccnc2)CC1c1ccccc1O. The number of aromatic hydroxyl groups is 1. The lowest BCUT2D eigenvalue weighted by Gasteiger charge is -2.23. The molecule has 0 saturated carbocycles. The standard InChI is InChI=1S/C23H21N7O2/c31-21-7-2-1-6-18(21)20-13-19(16-5-3-10-24-14-16)28-30(20)23(32)27-17-8-9-22(25-15-17)29-12-4-11-26-29/h1-3,5-11,14-15,20,31H,4,12-13H2,(H,27,32). The molecule has 1 atom stereocenters. The lowest BCUT2D eigenvalue weighted by molar-refractivity contribution is 0.199. The Hall–Kier alpha value is -4.27. The number of nitrogens with one attached hydrogen (secondary N) is 1. The summed E-state index contributed by atoms with van der Waals surface area (Å²) in [7, 11) is 0. The van der Waals surface area contributed by atoms with Crippen LogP contribution in [0.2, 0.25) is 0 Å². The van der Waals surface area contributed by atoms with Gasteiger partial charge in [-0.05, 0) is 24.3 Å². The largest absolute Gasteiger partial charge is 0.508 e. The number of pyridine rings is 2. The van der Waals surface area contributed by atoms with Gasteiger partial charge in [-0.3, -0.25) is 4.98 Å². The van der Waals surface area contributed by atoms with E-state index in [4.69, 9.17) is 0 Å². The Morgan fingerprint density at radius 2 is 2.00 bits per heavy atom. The lowest BCUT2D eigenvalue weighted by Crippen LogP contribution is -2.31. The molecule has 9 nitrogen and oxygen atoms in total. The molecule has 2 N–H and O–H groups in total. The summed E-state index contributed by atoms with van der Waals surface area (Å²) >= 11 is 0. The molecule has 2 aromatic heterocycles. The van der Waals surface area contributed by atoms with E-state index in [1.165, 1.54) is 5.01 Å². The molecule has 2 amide bonds. The Bertz CT molecular complexity index is 1180. The van der Waals surface area contributed by atoms with Crippen LogP contribution >= 0.6 is 0 Å². The first-order chi connectivity index (χ1) is 15.7. The maximum Gasteiger partial charge on any atom is 0.342 e. The number of anilines is 2. The number of hydrogen-bond donors (Lipinski definition) is 2. The molecule has 3 aromatic rings. The molecule has 1 unspecified atom stereocenters. The minimum absolute atomic E-state index is 0.120. The maximum absolute atomic E-state index is 13.2. The molecule has 160 valence electrons. The van der Waals surface area contributed by atoms with Crippen molar-refractivity contribution >= 4 is 29.5 Å². The number of benzene rings is 1. The summed E-state index contributed by atoms with van der Waals surface area (Å²) in [4.78, 5) is 21.7. The van der Waals surface area contributed by atoms with Crippen molar-refractivity contribution < 1.29 is 9.90 Å². The highest BCUT2D eigenvalue weighted by Gasteiger charge is 2.34. The third kappa shape index (κ3) is 3.87. The van der Waals surface area contributed by atoms with Gasteiger partial charge in [0.1, 0.15) is 11.6 Å². The Kier molecular flexibility index (Phi) is 5.20. The molecule has 5 rings (SSSR count). The molecule has 0 spiro atoms.